The van der Waals surface area contributed by atoms with Gasteiger partial charge in [-0.25, -0.2) is 0 Å². The van der Waals surface area contributed by atoms with E-state index in [1.807, 2.05) is 30.3 Å². The molecule has 0 aliphatic carbocycles. The molecule has 0 saturated carbocycles. The van der Waals surface area contributed by atoms with Crippen molar-refractivity contribution in [2.75, 3.05) is 0 Å². The number of hydrogen-bond donors (Lipinski definition) is 0. The van der Waals surface area contributed by atoms with Gasteiger partial charge in [0, 0.05) is 11.0 Å². The summed E-state index contributed by atoms with van der Waals surface area (Å²) in [4.78, 5) is 23.1. The first kappa shape index (κ1) is 12.8. The van der Waals surface area contributed by atoms with Crippen molar-refractivity contribution in [3.8, 4) is 0 Å². The van der Waals surface area contributed by atoms with Crippen LogP contribution in [0.25, 0.3) is 0 Å². The van der Waals surface area contributed by atoms with Crippen molar-refractivity contribution in [2.24, 2.45) is 0 Å². The van der Waals surface area contributed by atoms with Crippen molar-refractivity contribution in [2.45, 2.75) is 16.0 Å². The largest absolute Gasteiger partial charge is 0.294 e. The van der Waals surface area contributed by atoms with Crippen LogP contribution in [0.4, 0.5) is 5.69 Å². The topological polar surface area (TPSA) is 60.2 Å². The highest BCUT2D eigenvalue weighted by Crippen LogP contribution is 2.41. The van der Waals surface area contributed by atoms with Crippen LogP contribution in [0.3, 0.4) is 0 Å². The normalized spacial score (nSPS) is 10.3. The minimum absolute atomic E-state index is 0.000877. The fraction of sp³-hybridized carbons (Fsp3) is 0.0833. The van der Waals surface area contributed by atoms with E-state index in [1.54, 1.807) is 0 Å². The van der Waals surface area contributed by atoms with Crippen LogP contribution in [-0.2, 0) is 0 Å². The third-order valence-corrected chi connectivity index (χ3v) is 4.60. The van der Waals surface area contributed by atoms with Crippen LogP contribution < -0.4 is 0 Å². The molecule has 6 heteroatoms. The van der Waals surface area contributed by atoms with Crippen molar-refractivity contribution in [3.63, 3.8) is 0 Å². The van der Waals surface area contributed by atoms with Crippen molar-refractivity contribution >= 4 is 34.6 Å². The second-order valence-electron chi connectivity index (χ2n) is 3.51. The van der Waals surface area contributed by atoms with Gasteiger partial charge in [0.2, 0.25) is 0 Å². The van der Waals surface area contributed by atoms with Crippen LogP contribution in [-0.4, -0.2) is 10.7 Å². The predicted molar refractivity (Wildman–Crippen MR) is 71.5 cm³/mol. The number of Topliss-reactive ketones (excluding diaryl/α,β-unsaturated/α-hetero) is 1. The van der Waals surface area contributed by atoms with Crippen LogP contribution >= 0.6 is 23.1 Å². The second-order valence-corrected chi connectivity index (χ2v) is 5.91. The van der Waals surface area contributed by atoms with E-state index in [1.165, 1.54) is 24.8 Å². The Morgan fingerprint density at radius 2 is 2.00 bits per heavy atom. The van der Waals surface area contributed by atoms with Crippen molar-refractivity contribution in [3.05, 3.63) is 51.4 Å². The zero-order chi connectivity index (χ0) is 13.1. The Labute approximate surface area is 112 Å². The minimum Gasteiger partial charge on any atom is -0.294 e. The van der Waals surface area contributed by atoms with E-state index in [0.717, 1.165) is 16.2 Å². The van der Waals surface area contributed by atoms with Gasteiger partial charge in [0.25, 0.3) is 5.69 Å². The fourth-order valence-electron chi connectivity index (χ4n) is 1.33. The SMILES string of the molecule is CC(=O)c1cc([N+](=O)[O-])c(Sc2ccccc2)s1. The fourth-order valence-corrected chi connectivity index (χ4v) is 3.56. The Bertz CT molecular complexity index is 593. The number of rotatable bonds is 4. The average molecular weight is 279 g/mol. The monoisotopic (exact) mass is 279 g/mol. The maximum Gasteiger partial charge on any atom is 0.294 e. The van der Waals surface area contributed by atoms with Gasteiger partial charge in [0.15, 0.2) is 5.78 Å². The molecule has 0 radical (unpaired) electrons. The molecular weight excluding hydrogens is 270 g/mol. The average Bonchev–Trinajstić information content (AvgIpc) is 2.74. The maximum atomic E-state index is 11.3. The molecule has 1 aromatic heterocycles. The van der Waals surface area contributed by atoms with Crippen LogP contribution in [0, 0.1) is 10.1 Å². The van der Waals surface area contributed by atoms with Gasteiger partial charge >= 0.3 is 0 Å². The molecule has 0 bridgehead atoms. The summed E-state index contributed by atoms with van der Waals surface area (Å²) in [6.45, 7) is 1.41. The first-order valence-corrected chi connectivity index (χ1v) is 6.73. The molecule has 4 nitrogen and oxygen atoms in total. The Morgan fingerprint density at radius 3 is 2.56 bits per heavy atom. The first-order valence-electron chi connectivity index (χ1n) is 5.10. The van der Waals surface area contributed by atoms with E-state index >= 15 is 0 Å². The quantitative estimate of drug-likeness (QED) is 0.482. The lowest BCUT2D eigenvalue weighted by atomic mass is 10.3. The summed E-state index contributed by atoms with van der Waals surface area (Å²) < 4.78 is 0.538. The Kier molecular flexibility index (Phi) is 3.78. The van der Waals surface area contributed by atoms with E-state index in [0.29, 0.717) is 9.09 Å². The number of ketones is 1. The van der Waals surface area contributed by atoms with Crippen LogP contribution in [0.2, 0.25) is 0 Å². The molecule has 0 unspecified atom stereocenters. The highest BCUT2D eigenvalue weighted by Gasteiger charge is 2.21. The lowest BCUT2D eigenvalue weighted by Gasteiger charge is -1.97. The lowest BCUT2D eigenvalue weighted by Crippen LogP contribution is -1.87. The first-order chi connectivity index (χ1) is 8.58. The van der Waals surface area contributed by atoms with Gasteiger partial charge in [0.1, 0.15) is 4.21 Å². The molecule has 0 aliphatic rings. The van der Waals surface area contributed by atoms with Crippen molar-refractivity contribution in [1.29, 1.82) is 0 Å². The van der Waals surface area contributed by atoms with E-state index in [-0.39, 0.29) is 11.5 Å². The molecule has 2 aromatic rings. The molecule has 0 spiro atoms. The highest BCUT2D eigenvalue weighted by atomic mass is 32.2. The van der Waals surface area contributed by atoms with Gasteiger partial charge in [-0.1, -0.05) is 30.0 Å². The van der Waals surface area contributed by atoms with E-state index in [4.69, 9.17) is 0 Å². The van der Waals surface area contributed by atoms with Gasteiger partial charge in [-0.2, -0.15) is 0 Å². The molecule has 1 heterocycles. The molecule has 0 fully saturated rings. The van der Waals surface area contributed by atoms with E-state index in [2.05, 4.69) is 0 Å². The van der Waals surface area contributed by atoms with Crippen LogP contribution in [0.5, 0.6) is 0 Å². The molecule has 0 amide bonds. The van der Waals surface area contributed by atoms with Gasteiger partial charge < -0.3 is 0 Å². The summed E-state index contributed by atoms with van der Waals surface area (Å²) in [7, 11) is 0. The Balaban J connectivity index is 2.37. The molecule has 2 rings (SSSR count). The molecule has 0 N–H and O–H groups in total. The molecular formula is C12H9NO3S2. The summed E-state index contributed by atoms with van der Waals surface area (Å²) in [5.74, 6) is -0.150. The number of thiophene rings is 1. The third-order valence-electron chi connectivity index (χ3n) is 2.18. The number of carbonyl (C=O) groups is 1. The zero-order valence-corrected chi connectivity index (χ0v) is 11.1. The number of carbonyl (C=O) groups excluding carboxylic acids is 1. The molecule has 1 aromatic carbocycles. The van der Waals surface area contributed by atoms with E-state index < -0.39 is 4.92 Å². The van der Waals surface area contributed by atoms with Gasteiger partial charge in [-0.15, -0.1) is 11.3 Å². The minimum atomic E-state index is -0.450. The van der Waals surface area contributed by atoms with Crippen LogP contribution in [0.15, 0.2) is 45.5 Å². The molecule has 0 atom stereocenters. The van der Waals surface area contributed by atoms with Crippen molar-refractivity contribution < 1.29 is 9.72 Å². The Morgan fingerprint density at radius 1 is 1.33 bits per heavy atom. The zero-order valence-electron chi connectivity index (χ0n) is 9.45. The smallest absolute Gasteiger partial charge is 0.294 e. The van der Waals surface area contributed by atoms with E-state index in [9.17, 15) is 14.9 Å². The highest BCUT2D eigenvalue weighted by molar-refractivity contribution is 8.01. The summed E-state index contributed by atoms with van der Waals surface area (Å²) in [5.41, 5.74) is -0.000877. The van der Waals surface area contributed by atoms with Gasteiger partial charge in [-0.3, -0.25) is 14.9 Å². The van der Waals surface area contributed by atoms with Gasteiger partial charge in [-0.05, 0) is 19.1 Å². The molecule has 0 saturated heterocycles. The lowest BCUT2D eigenvalue weighted by molar-refractivity contribution is -0.387. The molecule has 0 aliphatic heterocycles. The number of hydrogen-bond acceptors (Lipinski definition) is 5. The maximum absolute atomic E-state index is 11.3. The summed E-state index contributed by atoms with van der Waals surface area (Å²) in [5, 5.41) is 10.9. The molecule has 92 valence electrons. The summed E-state index contributed by atoms with van der Waals surface area (Å²) in [6.07, 6.45) is 0. The standard InChI is InChI=1S/C12H9NO3S2/c1-8(14)11-7-10(13(15)16)12(18-11)17-9-5-3-2-4-6-9/h2-7H,1H3. The summed E-state index contributed by atoms with van der Waals surface area (Å²) in [6, 6.07) is 10.7. The number of benzene rings is 1. The Hall–Kier alpha value is -1.66. The van der Waals surface area contributed by atoms with Crippen molar-refractivity contribution in [1.82, 2.24) is 0 Å². The third kappa shape index (κ3) is 2.77. The number of nitro groups is 1. The molecule has 18 heavy (non-hydrogen) atoms. The second kappa shape index (κ2) is 5.32. The summed E-state index contributed by atoms with van der Waals surface area (Å²) >= 11 is 2.47. The van der Waals surface area contributed by atoms with Crippen LogP contribution in [0.1, 0.15) is 16.6 Å². The predicted octanol–water partition coefficient (Wildman–Crippen LogP) is 4.01. The van der Waals surface area contributed by atoms with Gasteiger partial charge in [0.05, 0.1) is 9.80 Å². The number of nitrogens with zero attached hydrogens (tertiary/aromatic N) is 1.